The van der Waals surface area contributed by atoms with Crippen LogP contribution in [0.3, 0.4) is 0 Å². The van der Waals surface area contributed by atoms with E-state index in [-0.39, 0.29) is 6.04 Å². The molecule has 0 saturated heterocycles. The van der Waals surface area contributed by atoms with Gasteiger partial charge in [-0.3, -0.25) is 0 Å². The third-order valence-corrected chi connectivity index (χ3v) is 5.52. The van der Waals surface area contributed by atoms with Gasteiger partial charge in [0.1, 0.15) is 0 Å². The molecule has 26 heavy (non-hydrogen) atoms. The second-order valence-corrected chi connectivity index (χ2v) is 7.35. The number of ether oxygens (including phenoxy) is 1. The predicted octanol–water partition coefficient (Wildman–Crippen LogP) is 2.97. The van der Waals surface area contributed by atoms with Gasteiger partial charge in [0.25, 0.3) is 0 Å². The Kier molecular flexibility index (Phi) is 4.56. The predicted molar refractivity (Wildman–Crippen MR) is 108 cm³/mol. The molecule has 4 rings (SSSR count). The van der Waals surface area contributed by atoms with Crippen LogP contribution in [-0.4, -0.2) is 39.8 Å². The zero-order valence-electron chi connectivity index (χ0n) is 14.8. The average Bonchev–Trinajstić information content (AvgIpc) is 3.06. The molecule has 132 valence electrons. The standard InChI is InChI=1S/C20H21AsN4O/c1-3-16-20(17-6-4-5-11-24(17)23-16)18-12-22-13-19(21)25(18)14-7-9-15(26-2)10-8-14/h4-13,18H,3,21H2,1-2H3. The first-order chi connectivity index (χ1) is 12.7. The van der Waals surface area contributed by atoms with Crippen LogP contribution >= 0.6 is 0 Å². The van der Waals surface area contributed by atoms with E-state index in [1.807, 2.05) is 41.3 Å². The van der Waals surface area contributed by atoms with Gasteiger partial charge in [0, 0.05) is 0 Å². The van der Waals surface area contributed by atoms with Crippen LogP contribution < -0.4 is 9.64 Å². The summed E-state index contributed by atoms with van der Waals surface area (Å²) in [6, 6.07) is 14.4. The molecular formula is C20H21AsN4O. The zero-order chi connectivity index (χ0) is 18.1. The fourth-order valence-corrected chi connectivity index (χ4v) is 4.23. The SMILES string of the molecule is CCc1nn2ccccc2c1C1C=NC=C([AsH2])N1c1ccc(OC)cc1. The Morgan fingerprint density at radius 1 is 1.15 bits per heavy atom. The Bertz CT molecular complexity index is 991. The number of aryl methyl sites for hydroxylation is 1. The third-order valence-electron chi connectivity index (χ3n) is 4.63. The van der Waals surface area contributed by atoms with Gasteiger partial charge < -0.3 is 0 Å². The van der Waals surface area contributed by atoms with Crippen molar-refractivity contribution in [2.45, 2.75) is 19.4 Å². The van der Waals surface area contributed by atoms with Crippen molar-refractivity contribution in [3.63, 3.8) is 0 Å². The maximum absolute atomic E-state index is 5.31. The molecule has 0 N–H and O–H groups in total. The number of hydrogen-bond acceptors (Lipinski definition) is 4. The van der Waals surface area contributed by atoms with Gasteiger partial charge in [-0.1, -0.05) is 0 Å². The van der Waals surface area contributed by atoms with Crippen molar-refractivity contribution in [2.24, 2.45) is 4.99 Å². The first-order valence-electron chi connectivity index (χ1n) is 8.61. The Morgan fingerprint density at radius 2 is 1.96 bits per heavy atom. The van der Waals surface area contributed by atoms with Crippen molar-refractivity contribution in [2.75, 3.05) is 12.0 Å². The third kappa shape index (κ3) is 2.82. The summed E-state index contributed by atoms with van der Waals surface area (Å²) in [5.41, 5.74) is 4.57. The zero-order valence-corrected chi connectivity index (χ0v) is 17.3. The van der Waals surface area contributed by atoms with Crippen LogP contribution in [0.5, 0.6) is 5.75 Å². The number of benzene rings is 1. The first kappa shape index (κ1) is 16.9. The molecule has 0 spiro atoms. The Morgan fingerprint density at radius 3 is 2.69 bits per heavy atom. The van der Waals surface area contributed by atoms with Gasteiger partial charge in [0.15, 0.2) is 0 Å². The van der Waals surface area contributed by atoms with Crippen LogP contribution in [0.4, 0.5) is 5.69 Å². The minimum absolute atomic E-state index is 0.0186. The van der Waals surface area contributed by atoms with Gasteiger partial charge in [-0.2, -0.15) is 0 Å². The number of aliphatic imine (C=N–C) groups is 1. The van der Waals surface area contributed by atoms with E-state index in [9.17, 15) is 0 Å². The number of rotatable bonds is 4. The molecule has 3 aromatic rings. The molecule has 0 aliphatic carbocycles. The van der Waals surface area contributed by atoms with E-state index in [0.29, 0.717) is 0 Å². The summed E-state index contributed by atoms with van der Waals surface area (Å²) >= 11 is 1.56. The minimum atomic E-state index is 0.0186. The topological polar surface area (TPSA) is 42.1 Å². The number of pyridine rings is 1. The first-order valence-corrected chi connectivity index (χ1v) is 9.82. The van der Waals surface area contributed by atoms with Crippen molar-refractivity contribution in [1.82, 2.24) is 9.61 Å². The van der Waals surface area contributed by atoms with Crippen molar-refractivity contribution in [3.8, 4) is 5.75 Å². The van der Waals surface area contributed by atoms with E-state index in [1.165, 1.54) is 5.56 Å². The molecule has 0 bridgehead atoms. The average molecular weight is 408 g/mol. The van der Waals surface area contributed by atoms with Crippen LogP contribution in [0, 0.1) is 0 Å². The maximum atomic E-state index is 5.31. The van der Waals surface area contributed by atoms with Crippen molar-refractivity contribution < 1.29 is 4.74 Å². The van der Waals surface area contributed by atoms with Crippen LogP contribution in [0.2, 0.25) is 0 Å². The van der Waals surface area contributed by atoms with Crippen molar-refractivity contribution in [1.29, 1.82) is 0 Å². The number of anilines is 1. The molecule has 3 heterocycles. The number of hydrogen-bond donors (Lipinski definition) is 0. The molecule has 0 fully saturated rings. The number of aromatic nitrogens is 2. The van der Waals surface area contributed by atoms with E-state index in [4.69, 9.17) is 9.84 Å². The number of methoxy groups -OCH3 is 1. The number of nitrogens with zero attached hydrogens (tertiary/aromatic N) is 4. The number of fused-ring (bicyclic) bond motifs is 1. The van der Waals surface area contributed by atoms with Crippen LogP contribution in [0.25, 0.3) is 5.52 Å². The second kappa shape index (κ2) is 7.00. The molecule has 1 aromatic carbocycles. The van der Waals surface area contributed by atoms with Crippen LogP contribution in [0.1, 0.15) is 24.2 Å². The van der Waals surface area contributed by atoms with E-state index in [2.05, 4.69) is 41.1 Å². The van der Waals surface area contributed by atoms with Gasteiger partial charge in [-0.05, 0) is 0 Å². The van der Waals surface area contributed by atoms with E-state index in [0.717, 1.165) is 33.6 Å². The molecule has 2 unspecified atom stereocenters. The van der Waals surface area contributed by atoms with Gasteiger partial charge in [0.05, 0.1) is 0 Å². The summed E-state index contributed by atoms with van der Waals surface area (Å²) in [6.07, 6.45) is 6.82. The molecule has 0 amide bonds. The molecule has 0 radical (unpaired) electrons. The van der Waals surface area contributed by atoms with Gasteiger partial charge in [0.2, 0.25) is 0 Å². The molecule has 2 atom stereocenters. The molecule has 6 heteroatoms. The Labute approximate surface area is 161 Å². The molecule has 5 nitrogen and oxygen atoms in total. The van der Waals surface area contributed by atoms with Gasteiger partial charge >= 0.3 is 161 Å². The summed E-state index contributed by atoms with van der Waals surface area (Å²) < 4.78 is 8.43. The Hall–Kier alpha value is -2.52. The fourth-order valence-electron chi connectivity index (χ4n) is 3.40. The molecule has 2 aromatic heterocycles. The van der Waals surface area contributed by atoms with Crippen molar-refractivity contribution >= 4 is 34.3 Å². The summed E-state index contributed by atoms with van der Waals surface area (Å²) in [6.45, 7) is 2.15. The normalized spacial score (nSPS) is 16.8. The quantitative estimate of drug-likeness (QED) is 0.624. The molecule has 0 saturated carbocycles. The molecular weight excluding hydrogens is 387 g/mol. The summed E-state index contributed by atoms with van der Waals surface area (Å²) in [7, 11) is 1.69. The van der Waals surface area contributed by atoms with E-state index < -0.39 is 0 Å². The van der Waals surface area contributed by atoms with E-state index in [1.54, 1.807) is 24.0 Å². The molecule has 1 aliphatic rings. The van der Waals surface area contributed by atoms with Crippen LogP contribution in [-0.2, 0) is 6.42 Å². The molecule has 1 aliphatic heterocycles. The van der Waals surface area contributed by atoms with E-state index >= 15 is 0 Å². The monoisotopic (exact) mass is 408 g/mol. The summed E-state index contributed by atoms with van der Waals surface area (Å²) in [4.78, 5) is 6.84. The second-order valence-electron chi connectivity index (χ2n) is 6.11. The van der Waals surface area contributed by atoms with Crippen LogP contribution in [0.15, 0.2) is 64.3 Å². The summed E-state index contributed by atoms with van der Waals surface area (Å²) in [5.74, 6) is 0.855. The Balaban J connectivity index is 1.86. The fraction of sp³-hybridized carbons (Fsp3) is 0.200. The van der Waals surface area contributed by atoms with Gasteiger partial charge in [-0.15, -0.1) is 0 Å². The summed E-state index contributed by atoms with van der Waals surface area (Å²) in [5, 5.41) is 4.78. The van der Waals surface area contributed by atoms with Crippen molar-refractivity contribution in [3.05, 3.63) is 70.6 Å². The van der Waals surface area contributed by atoms with Gasteiger partial charge in [-0.25, -0.2) is 0 Å².